The standard InChI is InChI=1S/C25H20Cl2N2O3/c1-31-23-13-18(11-20(14-28)25(30)29-15-17-7-3-2-4-8-17)12-22(27)24(23)32-16-19-9-5-6-10-21(19)26/h2-13H,15-16H2,1H3,(H,29,30)/b20-11-. The maximum absolute atomic E-state index is 12.4. The summed E-state index contributed by atoms with van der Waals surface area (Å²) in [5.74, 6) is 0.238. The van der Waals surface area contributed by atoms with E-state index in [4.69, 9.17) is 32.7 Å². The van der Waals surface area contributed by atoms with Crippen LogP contribution in [0.2, 0.25) is 10.0 Å². The number of carbonyl (C=O) groups excluding carboxylic acids is 1. The van der Waals surface area contributed by atoms with Gasteiger partial charge in [0.05, 0.1) is 12.1 Å². The van der Waals surface area contributed by atoms with E-state index in [1.165, 1.54) is 13.2 Å². The monoisotopic (exact) mass is 466 g/mol. The molecule has 32 heavy (non-hydrogen) atoms. The van der Waals surface area contributed by atoms with Crippen LogP contribution in [0.15, 0.2) is 72.3 Å². The van der Waals surface area contributed by atoms with Crippen molar-refractivity contribution in [3.8, 4) is 17.6 Å². The van der Waals surface area contributed by atoms with Gasteiger partial charge < -0.3 is 14.8 Å². The first-order valence-electron chi connectivity index (χ1n) is 9.69. The van der Waals surface area contributed by atoms with Crippen LogP contribution in [-0.2, 0) is 17.9 Å². The van der Waals surface area contributed by atoms with Gasteiger partial charge in [-0.05, 0) is 35.4 Å². The quantitative estimate of drug-likeness (QED) is 0.336. The van der Waals surface area contributed by atoms with Crippen LogP contribution < -0.4 is 14.8 Å². The molecule has 162 valence electrons. The Kier molecular flexibility index (Phi) is 8.15. The summed E-state index contributed by atoms with van der Waals surface area (Å²) in [7, 11) is 1.49. The number of methoxy groups -OCH3 is 1. The summed E-state index contributed by atoms with van der Waals surface area (Å²) in [6, 6.07) is 22.0. The molecule has 7 heteroatoms. The second kappa shape index (κ2) is 11.2. The minimum atomic E-state index is -0.481. The molecule has 0 aliphatic rings. The van der Waals surface area contributed by atoms with Crippen LogP contribution in [0.1, 0.15) is 16.7 Å². The van der Waals surface area contributed by atoms with Crippen molar-refractivity contribution < 1.29 is 14.3 Å². The van der Waals surface area contributed by atoms with Crippen LogP contribution in [0.25, 0.3) is 6.08 Å². The predicted octanol–water partition coefficient (Wildman–Crippen LogP) is 5.80. The van der Waals surface area contributed by atoms with E-state index in [-0.39, 0.29) is 17.2 Å². The zero-order valence-electron chi connectivity index (χ0n) is 17.3. The van der Waals surface area contributed by atoms with E-state index in [1.54, 1.807) is 18.2 Å². The molecule has 3 aromatic rings. The smallest absolute Gasteiger partial charge is 0.262 e. The number of nitriles is 1. The largest absolute Gasteiger partial charge is 0.493 e. The molecule has 1 N–H and O–H groups in total. The molecule has 0 radical (unpaired) electrons. The Hall–Kier alpha value is -3.46. The molecule has 0 saturated carbocycles. The van der Waals surface area contributed by atoms with E-state index >= 15 is 0 Å². The van der Waals surface area contributed by atoms with Gasteiger partial charge in [0.15, 0.2) is 11.5 Å². The van der Waals surface area contributed by atoms with Gasteiger partial charge in [0.25, 0.3) is 5.91 Å². The number of benzene rings is 3. The molecule has 0 saturated heterocycles. The van der Waals surface area contributed by atoms with Crippen molar-refractivity contribution >= 4 is 35.2 Å². The fraction of sp³-hybridized carbons (Fsp3) is 0.120. The van der Waals surface area contributed by atoms with E-state index < -0.39 is 5.91 Å². The lowest BCUT2D eigenvalue weighted by Gasteiger charge is -2.14. The molecule has 0 atom stereocenters. The molecule has 3 rings (SSSR count). The summed E-state index contributed by atoms with van der Waals surface area (Å²) < 4.78 is 11.3. The Balaban J connectivity index is 1.77. The highest BCUT2D eigenvalue weighted by Gasteiger charge is 2.15. The average Bonchev–Trinajstić information content (AvgIpc) is 2.81. The lowest BCUT2D eigenvalue weighted by molar-refractivity contribution is -0.117. The van der Waals surface area contributed by atoms with Gasteiger partial charge in [-0.15, -0.1) is 0 Å². The van der Waals surface area contributed by atoms with Crippen molar-refractivity contribution in [2.45, 2.75) is 13.2 Å². The van der Waals surface area contributed by atoms with Gasteiger partial charge in [0.2, 0.25) is 0 Å². The van der Waals surface area contributed by atoms with Gasteiger partial charge in [-0.2, -0.15) is 5.26 Å². The lowest BCUT2D eigenvalue weighted by Crippen LogP contribution is -2.23. The molecule has 0 aliphatic carbocycles. The van der Waals surface area contributed by atoms with E-state index in [0.717, 1.165) is 11.1 Å². The molecular weight excluding hydrogens is 447 g/mol. The molecule has 5 nitrogen and oxygen atoms in total. The number of hydrogen-bond donors (Lipinski definition) is 1. The maximum atomic E-state index is 12.4. The third-order valence-corrected chi connectivity index (χ3v) is 5.20. The third-order valence-electron chi connectivity index (χ3n) is 4.55. The van der Waals surface area contributed by atoms with Gasteiger partial charge in [-0.1, -0.05) is 71.7 Å². The van der Waals surface area contributed by atoms with Crippen LogP contribution in [0, 0.1) is 11.3 Å². The van der Waals surface area contributed by atoms with Crippen molar-refractivity contribution in [1.82, 2.24) is 5.32 Å². The molecule has 0 aliphatic heterocycles. The highest BCUT2D eigenvalue weighted by Crippen LogP contribution is 2.37. The first-order valence-corrected chi connectivity index (χ1v) is 10.4. The van der Waals surface area contributed by atoms with Crippen molar-refractivity contribution in [3.63, 3.8) is 0 Å². The SMILES string of the molecule is COc1cc(/C=C(/C#N)C(=O)NCc2ccccc2)cc(Cl)c1OCc1ccccc1Cl. The van der Waals surface area contributed by atoms with Crippen molar-refractivity contribution in [3.05, 3.63) is 99.0 Å². The molecule has 0 spiro atoms. The third kappa shape index (κ3) is 6.04. The number of halogens is 2. The summed E-state index contributed by atoms with van der Waals surface area (Å²) in [5, 5.41) is 13.1. The molecular formula is C25H20Cl2N2O3. The molecule has 0 fully saturated rings. The van der Waals surface area contributed by atoms with Crippen molar-refractivity contribution in [1.29, 1.82) is 5.26 Å². The topological polar surface area (TPSA) is 71.3 Å². The van der Waals surface area contributed by atoms with E-state index in [0.29, 0.717) is 28.6 Å². The zero-order chi connectivity index (χ0) is 22.9. The Morgan fingerprint density at radius 1 is 1.06 bits per heavy atom. The Morgan fingerprint density at radius 3 is 2.47 bits per heavy atom. The highest BCUT2D eigenvalue weighted by atomic mass is 35.5. The van der Waals surface area contributed by atoms with E-state index in [2.05, 4.69) is 5.32 Å². The summed E-state index contributed by atoms with van der Waals surface area (Å²) in [6.45, 7) is 0.522. The van der Waals surface area contributed by atoms with E-state index in [1.807, 2.05) is 54.6 Å². The number of hydrogen-bond acceptors (Lipinski definition) is 4. The Bertz CT molecular complexity index is 1170. The van der Waals surface area contributed by atoms with Gasteiger partial charge in [0, 0.05) is 17.1 Å². The summed E-state index contributed by atoms with van der Waals surface area (Å²) in [5.41, 5.74) is 2.22. The lowest BCUT2D eigenvalue weighted by atomic mass is 10.1. The summed E-state index contributed by atoms with van der Waals surface area (Å²) in [6.07, 6.45) is 1.45. The van der Waals surface area contributed by atoms with Crippen LogP contribution in [0.5, 0.6) is 11.5 Å². The first-order chi connectivity index (χ1) is 15.5. The minimum Gasteiger partial charge on any atom is -0.493 e. The fourth-order valence-corrected chi connectivity index (χ4v) is 3.38. The number of nitrogens with zero attached hydrogens (tertiary/aromatic N) is 1. The molecule has 0 aromatic heterocycles. The number of rotatable bonds is 8. The molecule has 0 heterocycles. The Labute approximate surface area is 196 Å². The van der Waals surface area contributed by atoms with E-state index in [9.17, 15) is 10.1 Å². The molecule has 1 amide bonds. The zero-order valence-corrected chi connectivity index (χ0v) is 18.8. The normalized spacial score (nSPS) is 10.9. The number of amides is 1. The minimum absolute atomic E-state index is 0.0520. The predicted molar refractivity (Wildman–Crippen MR) is 126 cm³/mol. The van der Waals surface area contributed by atoms with Crippen LogP contribution in [0.3, 0.4) is 0 Å². The second-order valence-corrected chi connectivity index (χ2v) is 7.57. The van der Waals surface area contributed by atoms with Gasteiger partial charge in [-0.25, -0.2) is 0 Å². The molecule has 0 bridgehead atoms. The van der Waals surface area contributed by atoms with Crippen molar-refractivity contribution in [2.24, 2.45) is 0 Å². The van der Waals surface area contributed by atoms with Gasteiger partial charge >= 0.3 is 0 Å². The fourth-order valence-electron chi connectivity index (χ4n) is 2.92. The van der Waals surface area contributed by atoms with Gasteiger partial charge in [-0.3, -0.25) is 4.79 Å². The highest BCUT2D eigenvalue weighted by molar-refractivity contribution is 6.32. The number of carbonyl (C=O) groups is 1. The summed E-state index contributed by atoms with van der Waals surface area (Å²) in [4.78, 5) is 12.4. The number of ether oxygens (including phenoxy) is 2. The summed E-state index contributed by atoms with van der Waals surface area (Å²) >= 11 is 12.6. The first kappa shape index (κ1) is 23.2. The van der Waals surface area contributed by atoms with Crippen LogP contribution in [0.4, 0.5) is 0 Å². The van der Waals surface area contributed by atoms with Gasteiger partial charge in [0.1, 0.15) is 18.2 Å². The molecule has 0 unspecified atom stereocenters. The Morgan fingerprint density at radius 2 is 1.78 bits per heavy atom. The van der Waals surface area contributed by atoms with Crippen LogP contribution in [-0.4, -0.2) is 13.0 Å². The van der Waals surface area contributed by atoms with Crippen LogP contribution >= 0.6 is 23.2 Å². The molecule has 3 aromatic carbocycles. The van der Waals surface area contributed by atoms with Crippen molar-refractivity contribution in [2.75, 3.05) is 7.11 Å². The second-order valence-electron chi connectivity index (χ2n) is 6.75. The maximum Gasteiger partial charge on any atom is 0.262 e. The average molecular weight is 467 g/mol. The number of nitrogens with one attached hydrogen (secondary N) is 1.